The summed E-state index contributed by atoms with van der Waals surface area (Å²) in [6, 6.07) is 5.37. The van der Waals surface area contributed by atoms with Crippen LogP contribution in [0, 0.1) is 0 Å². The lowest BCUT2D eigenvalue weighted by Gasteiger charge is -2.17. The third kappa shape index (κ3) is 4.54. The fraction of sp³-hybridized carbons (Fsp3) is 0.417. The van der Waals surface area contributed by atoms with E-state index >= 15 is 0 Å². The van der Waals surface area contributed by atoms with E-state index in [9.17, 15) is 4.79 Å². The number of hydrogen-bond acceptors (Lipinski definition) is 2. The number of benzene rings is 1. The molecule has 0 heterocycles. The van der Waals surface area contributed by atoms with Crippen LogP contribution in [0.5, 0.6) is 0 Å². The standard InChI is InChI=1S/C12H16Cl2N2O/c1-16(12(17)3-2-6-15)8-9-4-5-10(13)11(14)7-9/h4-5,7H,2-3,6,8,15H2,1H3. The minimum absolute atomic E-state index is 0.0847. The summed E-state index contributed by atoms with van der Waals surface area (Å²) >= 11 is 11.7. The molecule has 0 spiro atoms. The SMILES string of the molecule is CN(Cc1ccc(Cl)c(Cl)c1)C(=O)CCCN. The topological polar surface area (TPSA) is 46.3 Å². The predicted molar refractivity (Wildman–Crippen MR) is 71.2 cm³/mol. The Hall–Kier alpha value is -0.770. The van der Waals surface area contributed by atoms with E-state index in [4.69, 9.17) is 28.9 Å². The van der Waals surface area contributed by atoms with Gasteiger partial charge in [0.1, 0.15) is 0 Å². The Morgan fingerprint density at radius 3 is 2.65 bits per heavy atom. The highest BCUT2D eigenvalue weighted by molar-refractivity contribution is 6.42. The average molecular weight is 275 g/mol. The molecule has 5 heteroatoms. The van der Waals surface area contributed by atoms with Crippen LogP contribution in [0.4, 0.5) is 0 Å². The quantitative estimate of drug-likeness (QED) is 0.898. The molecule has 0 saturated heterocycles. The van der Waals surface area contributed by atoms with Crippen molar-refractivity contribution in [2.45, 2.75) is 19.4 Å². The Morgan fingerprint density at radius 1 is 1.35 bits per heavy atom. The zero-order chi connectivity index (χ0) is 12.8. The maximum atomic E-state index is 11.7. The Bertz CT molecular complexity index is 396. The molecule has 0 saturated carbocycles. The number of rotatable bonds is 5. The first-order valence-corrected chi connectivity index (χ1v) is 6.18. The monoisotopic (exact) mass is 274 g/mol. The van der Waals surface area contributed by atoms with Gasteiger partial charge in [0, 0.05) is 20.0 Å². The van der Waals surface area contributed by atoms with Gasteiger partial charge < -0.3 is 10.6 Å². The minimum atomic E-state index is 0.0847. The van der Waals surface area contributed by atoms with Crippen LogP contribution in [0.2, 0.25) is 10.0 Å². The Balaban J connectivity index is 2.58. The van der Waals surface area contributed by atoms with Gasteiger partial charge in [0.05, 0.1) is 10.0 Å². The van der Waals surface area contributed by atoms with Crippen molar-refractivity contribution in [3.8, 4) is 0 Å². The second-order valence-electron chi connectivity index (χ2n) is 3.89. The maximum Gasteiger partial charge on any atom is 0.222 e. The van der Waals surface area contributed by atoms with Crippen LogP contribution >= 0.6 is 23.2 Å². The summed E-state index contributed by atoms with van der Waals surface area (Å²) in [5.74, 6) is 0.0847. The van der Waals surface area contributed by atoms with E-state index in [1.807, 2.05) is 6.07 Å². The summed E-state index contributed by atoms with van der Waals surface area (Å²) in [7, 11) is 1.77. The van der Waals surface area contributed by atoms with Crippen LogP contribution < -0.4 is 5.73 Å². The zero-order valence-electron chi connectivity index (χ0n) is 9.75. The van der Waals surface area contributed by atoms with Crippen LogP contribution in [0.15, 0.2) is 18.2 Å². The van der Waals surface area contributed by atoms with Crippen molar-refractivity contribution < 1.29 is 4.79 Å². The molecule has 2 N–H and O–H groups in total. The van der Waals surface area contributed by atoms with Crippen molar-refractivity contribution >= 4 is 29.1 Å². The summed E-state index contributed by atoms with van der Waals surface area (Å²) in [6.07, 6.45) is 1.19. The van der Waals surface area contributed by atoms with Crippen molar-refractivity contribution in [3.05, 3.63) is 33.8 Å². The molecule has 1 amide bonds. The Labute approximate surface area is 111 Å². The molecule has 94 valence electrons. The van der Waals surface area contributed by atoms with E-state index in [0.717, 1.165) is 5.56 Å². The molecule has 3 nitrogen and oxygen atoms in total. The second-order valence-corrected chi connectivity index (χ2v) is 4.70. The van der Waals surface area contributed by atoms with Gasteiger partial charge in [-0.2, -0.15) is 0 Å². The smallest absolute Gasteiger partial charge is 0.222 e. The van der Waals surface area contributed by atoms with Gasteiger partial charge >= 0.3 is 0 Å². The highest BCUT2D eigenvalue weighted by Crippen LogP contribution is 2.23. The van der Waals surface area contributed by atoms with Crippen LogP contribution in [-0.2, 0) is 11.3 Å². The lowest BCUT2D eigenvalue weighted by Crippen LogP contribution is -2.26. The lowest BCUT2D eigenvalue weighted by molar-refractivity contribution is -0.130. The summed E-state index contributed by atoms with van der Waals surface area (Å²) in [6.45, 7) is 1.06. The highest BCUT2D eigenvalue weighted by Gasteiger charge is 2.09. The van der Waals surface area contributed by atoms with E-state index < -0.39 is 0 Å². The normalized spacial score (nSPS) is 10.4. The van der Waals surface area contributed by atoms with Crippen LogP contribution in [0.25, 0.3) is 0 Å². The zero-order valence-corrected chi connectivity index (χ0v) is 11.3. The number of amides is 1. The molecular formula is C12H16Cl2N2O. The van der Waals surface area contributed by atoms with Crippen LogP contribution in [0.3, 0.4) is 0 Å². The molecule has 0 aromatic heterocycles. The molecule has 0 aliphatic heterocycles. The van der Waals surface area contributed by atoms with Gasteiger partial charge in [-0.05, 0) is 30.7 Å². The lowest BCUT2D eigenvalue weighted by atomic mass is 10.2. The van der Waals surface area contributed by atoms with Crippen LogP contribution in [0.1, 0.15) is 18.4 Å². The molecule has 1 aromatic carbocycles. The minimum Gasteiger partial charge on any atom is -0.341 e. The molecule has 1 aromatic rings. The van der Waals surface area contributed by atoms with Crippen LogP contribution in [-0.4, -0.2) is 24.4 Å². The van der Waals surface area contributed by atoms with Gasteiger partial charge in [0.2, 0.25) is 5.91 Å². The number of halogens is 2. The summed E-state index contributed by atoms with van der Waals surface area (Å²) in [4.78, 5) is 13.3. The molecule has 0 aliphatic rings. The van der Waals surface area contributed by atoms with Crippen molar-refractivity contribution in [2.24, 2.45) is 5.73 Å². The van der Waals surface area contributed by atoms with E-state index in [1.54, 1.807) is 24.1 Å². The van der Waals surface area contributed by atoms with E-state index in [2.05, 4.69) is 0 Å². The molecule has 1 rings (SSSR count). The highest BCUT2D eigenvalue weighted by atomic mass is 35.5. The first-order chi connectivity index (χ1) is 8.04. The van der Waals surface area contributed by atoms with E-state index in [-0.39, 0.29) is 5.91 Å². The van der Waals surface area contributed by atoms with Crippen molar-refractivity contribution in [1.29, 1.82) is 0 Å². The summed E-state index contributed by atoms with van der Waals surface area (Å²) in [5.41, 5.74) is 6.32. The van der Waals surface area contributed by atoms with Gasteiger partial charge in [0.25, 0.3) is 0 Å². The Kier molecular flexibility index (Phi) is 5.75. The van der Waals surface area contributed by atoms with Gasteiger partial charge in [-0.15, -0.1) is 0 Å². The van der Waals surface area contributed by atoms with E-state index in [0.29, 0.717) is 36.0 Å². The second kappa shape index (κ2) is 6.84. The number of carbonyl (C=O) groups excluding carboxylic acids is 1. The van der Waals surface area contributed by atoms with Crippen molar-refractivity contribution in [2.75, 3.05) is 13.6 Å². The van der Waals surface area contributed by atoms with Gasteiger partial charge in [0.15, 0.2) is 0 Å². The molecule has 0 radical (unpaired) electrons. The van der Waals surface area contributed by atoms with Crippen molar-refractivity contribution in [1.82, 2.24) is 4.90 Å². The van der Waals surface area contributed by atoms with Gasteiger partial charge in [-0.1, -0.05) is 29.3 Å². The number of nitrogens with zero attached hydrogens (tertiary/aromatic N) is 1. The van der Waals surface area contributed by atoms with E-state index in [1.165, 1.54) is 0 Å². The fourth-order valence-corrected chi connectivity index (χ4v) is 1.76. The first-order valence-electron chi connectivity index (χ1n) is 5.42. The maximum absolute atomic E-state index is 11.7. The average Bonchev–Trinajstić information content (AvgIpc) is 2.30. The summed E-state index contributed by atoms with van der Waals surface area (Å²) in [5, 5.41) is 1.03. The largest absolute Gasteiger partial charge is 0.341 e. The first kappa shape index (κ1) is 14.3. The fourth-order valence-electron chi connectivity index (χ4n) is 1.44. The Morgan fingerprint density at radius 2 is 2.06 bits per heavy atom. The molecular weight excluding hydrogens is 259 g/mol. The number of hydrogen-bond donors (Lipinski definition) is 1. The van der Waals surface area contributed by atoms with Gasteiger partial charge in [-0.3, -0.25) is 4.79 Å². The molecule has 0 unspecified atom stereocenters. The molecule has 0 fully saturated rings. The number of nitrogens with two attached hydrogens (primary N) is 1. The van der Waals surface area contributed by atoms with Gasteiger partial charge in [-0.25, -0.2) is 0 Å². The molecule has 0 bridgehead atoms. The third-order valence-corrected chi connectivity index (χ3v) is 3.16. The molecule has 0 atom stereocenters. The predicted octanol–water partition coefficient (Wildman–Crippen LogP) is 2.69. The summed E-state index contributed by atoms with van der Waals surface area (Å²) < 4.78 is 0. The third-order valence-electron chi connectivity index (χ3n) is 2.42. The molecule has 0 aliphatic carbocycles. The number of carbonyl (C=O) groups is 1. The van der Waals surface area contributed by atoms with Crippen molar-refractivity contribution in [3.63, 3.8) is 0 Å². The molecule has 17 heavy (non-hydrogen) atoms.